The highest BCUT2D eigenvalue weighted by molar-refractivity contribution is 6.33. The first kappa shape index (κ1) is 20.4. The molecule has 31 heavy (non-hydrogen) atoms. The van der Waals surface area contributed by atoms with Crippen LogP contribution in [-0.4, -0.2) is 63.1 Å². The summed E-state index contributed by atoms with van der Waals surface area (Å²) in [5.74, 6) is 0.720. The summed E-state index contributed by atoms with van der Waals surface area (Å²) in [4.78, 5) is 15.5. The lowest BCUT2D eigenvalue weighted by Crippen LogP contribution is -2.42. The Hall–Kier alpha value is -2.49. The second-order valence-corrected chi connectivity index (χ2v) is 8.30. The molecule has 1 fully saturated rings. The predicted octanol–water partition coefficient (Wildman–Crippen LogP) is 3.08. The zero-order valence-electron chi connectivity index (χ0n) is 17.2. The third kappa shape index (κ3) is 3.71. The number of hydrogen-bond acceptors (Lipinski definition) is 7. The van der Waals surface area contributed by atoms with Gasteiger partial charge in [0.15, 0.2) is 5.82 Å². The summed E-state index contributed by atoms with van der Waals surface area (Å²) in [5.41, 5.74) is 2.07. The van der Waals surface area contributed by atoms with Gasteiger partial charge in [-0.05, 0) is 31.9 Å². The molecule has 0 amide bonds. The summed E-state index contributed by atoms with van der Waals surface area (Å²) in [6, 6.07) is 3.08. The van der Waals surface area contributed by atoms with Crippen LogP contribution < -0.4 is 10.2 Å². The van der Waals surface area contributed by atoms with Crippen LogP contribution in [0.25, 0.3) is 22.3 Å². The summed E-state index contributed by atoms with van der Waals surface area (Å²) in [7, 11) is 0. The van der Waals surface area contributed by atoms with Gasteiger partial charge in [-0.2, -0.15) is 0 Å². The molecule has 0 bridgehead atoms. The number of benzene rings is 1. The first-order valence-electron chi connectivity index (χ1n) is 10.5. The predicted molar refractivity (Wildman–Crippen MR) is 117 cm³/mol. The van der Waals surface area contributed by atoms with Gasteiger partial charge in [0.1, 0.15) is 5.52 Å². The van der Waals surface area contributed by atoms with Gasteiger partial charge in [-0.15, -0.1) is 0 Å². The molecule has 2 atom stereocenters. The Kier molecular flexibility index (Phi) is 5.41. The fraction of sp³-hybridized carbons (Fsp3) is 0.476. The van der Waals surface area contributed by atoms with Crippen molar-refractivity contribution in [3.63, 3.8) is 0 Å². The average Bonchev–Trinajstić information content (AvgIpc) is 3.16. The van der Waals surface area contributed by atoms with Crippen LogP contribution in [0.5, 0.6) is 0 Å². The lowest BCUT2D eigenvalue weighted by atomic mass is 10.1. The standard InChI is InChI=1S/C21H24ClFN6O2/c1-2-28-5-3-6-29-16-9-12(8-14(23)19(16)27-21(28)29)18-13(22)10-24-20(26-18)25-15-4-7-31-11-17(15)30/h8-10,15,17,30H,2-7,11H2,1H3,(H,24,25,26)/t15-,17-/m1/s1. The smallest absolute Gasteiger partial charge is 0.223 e. The fourth-order valence-electron chi connectivity index (χ4n) is 4.28. The molecule has 10 heteroatoms. The van der Waals surface area contributed by atoms with E-state index in [1.807, 2.05) is 6.07 Å². The molecule has 2 aliphatic heterocycles. The number of rotatable bonds is 4. The van der Waals surface area contributed by atoms with E-state index in [0.717, 1.165) is 37.5 Å². The minimum Gasteiger partial charge on any atom is -0.389 e. The zero-order chi connectivity index (χ0) is 21.5. The number of imidazole rings is 1. The molecule has 0 radical (unpaired) electrons. The first-order chi connectivity index (χ1) is 15.0. The number of nitrogens with one attached hydrogen (secondary N) is 1. The maximum atomic E-state index is 15.1. The minimum absolute atomic E-state index is 0.219. The molecular weight excluding hydrogens is 423 g/mol. The van der Waals surface area contributed by atoms with Crippen molar-refractivity contribution >= 4 is 34.5 Å². The molecule has 2 aliphatic rings. The lowest BCUT2D eigenvalue weighted by molar-refractivity contribution is -0.0136. The van der Waals surface area contributed by atoms with E-state index in [4.69, 9.17) is 16.3 Å². The van der Waals surface area contributed by atoms with E-state index in [-0.39, 0.29) is 12.6 Å². The molecule has 1 saturated heterocycles. The van der Waals surface area contributed by atoms with Crippen molar-refractivity contribution in [2.45, 2.75) is 38.5 Å². The van der Waals surface area contributed by atoms with E-state index >= 15 is 4.39 Å². The van der Waals surface area contributed by atoms with E-state index in [1.54, 1.807) is 0 Å². The maximum Gasteiger partial charge on any atom is 0.223 e. The lowest BCUT2D eigenvalue weighted by Gasteiger charge is -2.28. The van der Waals surface area contributed by atoms with Gasteiger partial charge in [0, 0.05) is 31.8 Å². The third-order valence-corrected chi connectivity index (χ3v) is 6.20. The normalized spacial score (nSPS) is 21.4. The third-order valence-electron chi connectivity index (χ3n) is 5.92. The van der Waals surface area contributed by atoms with Crippen molar-refractivity contribution in [2.24, 2.45) is 0 Å². The number of halogens is 2. The Bertz CT molecular complexity index is 1120. The molecule has 0 aliphatic carbocycles. The molecule has 2 aromatic heterocycles. The van der Waals surface area contributed by atoms with Crippen LogP contribution in [0.15, 0.2) is 18.3 Å². The summed E-state index contributed by atoms with van der Waals surface area (Å²) in [6.07, 6.45) is 2.46. The molecule has 3 aromatic rings. The number of fused-ring (bicyclic) bond motifs is 3. The van der Waals surface area contributed by atoms with Crippen LogP contribution in [0.1, 0.15) is 19.8 Å². The Morgan fingerprint density at radius 1 is 1.32 bits per heavy atom. The molecular formula is C21H24ClFN6O2. The summed E-state index contributed by atoms with van der Waals surface area (Å²) < 4.78 is 22.4. The SMILES string of the molecule is CCN1CCCn2c1nc1c(F)cc(-c3nc(N[C@@H]4CCOC[C@H]4O)ncc3Cl)cc12. The van der Waals surface area contributed by atoms with Gasteiger partial charge in [-0.25, -0.2) is 19.3 Å². The van der Waals surface area contributed by atoms with Gasteiger partial charge in [0.05, 0.1) is 41.2 Å². The van der Waals surface area contributed by atoms with E-state index in [2.05, 4.69) is 36.7 Å². The van der Waals surface area contributed by atoms with Crippen LogP contribution in [0, 0.1) is 5.82 Å². The van der Waals surface area contributed by atoms with Crippen molar-refractivity contribution in [3.8, 4) is 11.3 Å². The quantitative estimate of drug-likeness (QED) is 0.636. The summed E-state index contributed by atoms with van der Waals surface area (Å²) in [6.45, 7) is 5.42. The summed E-state index contributed by atoms with van der Waals surface area (Å²) >= 11 is 6.39. The minimum atomic E-state index is -0.648. The number of aromatic nitrogens is 4. The Balaban J connectivity index is 1.54. The van der Waals surface area contributed by atoms with Crippen LogP contribution in [0.2, 0.25) is 5.02 Å². The molecule has 164 valence electrons. The molecule has 1 aromatic carbocycles. The van der Waals surface area contributed by atoms with Crippen LogP contribution >= 0.6 is 11.6 Å². The van der Waals surface area contributed by atoms with E-state index in [1.165, 1.54) is 12.3 Å². The molecule has 2 N–H and O–H groups in total. The fourth-order valence-corrected chi connectivity index (χ4v) is 4.48. The highest BCUT2D eigenvalue weighted by Gasteiger charge is 2.26. The largest absolute Gasteiger partial charge is 0.389 e. The van der Waals surface area contributed by atoms with Gasteiger partial charge in [0.25, 0.3) is 0 Å². The highest BCUT2D eigenvalue weighted by Crippen LogP contribution is 2.34. The Morgan fingerprint density at radius 3 is 3.00 bits per heavy atom. The first-order valence-corrected chi connectivity index (χ1v) is 10.9. The number of nitrogens with zero attached hydrogens (tertiary/aromatic N) is 5. The second-order valence-electron chi connectivity index (χ2n) is 7.89. The zero-order valence-corrected chi connectivity index (χ0v) is 17.9. The van der Waals surface area contributed by atoms with Crippen molar-refractivity contribution in [1.29, 1.82) is 0 Å². The van der Waals surface area contributed by atoms with Crippen molar-refractivity contribution in [3.05, 3.63) is 29.2 Å². The number of aliphatic hydroxyl groups is 1. The van der Waals surface area contributed by atoms with Gasteiger partial charge < -0.3 is 24.6 Å². The highest BCUT2D eigenvalue weighted by atomic mass is 35.5. The number of ether oxygens (including phenoxy) is 1. The molecule has 8 nitrogen and oxygen atoms in total. The number of aryl methyl sites for hydroxylation is 1. The van der Waals surface area contributed by atoms with Crippen LogP contribution in [-0.2, 0) is 11.3 Å². The maximum absolute atomic E-state index is 15.1. The topological polar surface area (TPSA) is 88.3 Å². The molecule has 5 rings (SSSR count). The van der Waals surface area contributed by atoms with E-state index < -0.39 is 11.9 Å². The number of anilines is 2. The molecule has 4 heterocycles. The summed E-state index contributed by atoms with van der Waals surface area (Å²) in [5, 5.41) is 13.6. The molecule has 0 unspecified atom stereocenters. The van der Waals surface area contributed by atoms with Crippen molar-refractivity contribution in [2.75, 3.05) is 36.5 Å². The number of aliphatic hydroxyl groups excluding tert-OH is 1. The number of hydrogen-bond donors (Lipinski definition) is 2. The molecule has 0 saturated carbocycles. The van der Waals surface area contributed by atoms with Crippen LogP contribution in [0.3, 0.4) is 0 Å². The van der Waals surface area contributed by atoms with Gasteiger partial charge >= 0.3 is 0 Å². The molecule has 0 spiro atoms. The van der Waals surface area contributed by atoms with Crippen molar-refractivity contribution in [1.82, 2.24) is 19.5 Å². The Morgan fingerprint density at radius 2 is 2.19 bits per heavy atom. The average molecular weight is 447 g/mol. The van der Waals surface area contributed by atoms with Crippen molar-refractivity contribution < 1.29 is 14.2 Å². The van der Waals surface area contributed by atoms with Gasteiger partial charge in [0.2, 0.25) is 11.9 Å². The van der Waals surface area contributed by atoms with E-state index in [0.29, 0.717) is 40.8 Å². The monoisotopic (exact) mass is 446 g/mol. The van der Waals surface area contributed by atoms with Gasteiger partial charge in [-0.3, -0.25) is 0 Å². The second kappa shape index (κ2) is 8.22. The Labute approximate surface area is 184 Å². The van der Waals surface area contributed by atoms with E-state index in [9.17, 15) is 5.11 Å². The van der Waals surface area contributed by atoms with Crippen LogP contribution in [0.4, 0.5) is 16.3 Å². The van der Waals surface area contributed by atoms with Gasteiger partial charge in [-0.1, -0.05) is 11.6 Å².